The number of carbonyl (C=O) groups excluding carboxylic acids is 2. The van der Waals surface area contributed by atoms with Gasteiger partial charge in [-0.25, -0.2) is 18.7 Å². The number of fused-ring (bicyclic) bond motifs is 2. The fourth-order valence-electron chi connectivity index (χ4n) is 5.94. The van der Waals surface area contributed by atoms with Gasteiger partial charge in [0, 0.05) is 61.1 Å². The Morgan fingerprint density at radius 3 is 2.52 bits per heavy atom. The van der Waals surface area contributed by atoms with Crippen molar-refractivity contribution >= 4 is 34.2 Å². The normalized spacial score (nSPS) is 17.1. The summed E-state index contributed by atoms with van der Waals surface area (Å²) >= 11 is 0. The van der Waals surface area contributed by atoms with E-state index in [1.165, 1.54) is 17.0 Å². The smallest absolute Gasteiger partial charge is 0.263 e. The summed E-state index contributed by atoms with van der Waals surface area (Å²) in [5.74, 6) is -3.20. The summed E-state index contributed by atoms with van der Waals surface area (Å²) in [6.07, 6.45) is 4.28. The predicted octanol–water partition coefficient (Wildman–Crippen LogP) is 4.90. The van der Waals surface area contributed by atoms with E-state index in [1.54, 1.807) is 12.1 Å². The Bertz CT molecular complexity index is 1710. The Labute approximate surface area is 228 Å². The number of nitrogen functional groups attached to an aromatic ring is 1. The third-order valence-corrected chi connectivity index (χ3v) is 7.99. The zero-order valence-corrected chi connectivity index (χ0v) is 21.9. The second kappa shape index (κ2) is 9.65. The van der Waals surface area contributed by atoms with Crippen molar-refractivity contribution in [2.24, 2.45) is 7.05 Å². The first-order valence-electron chi connectivity index (χ1n) is 13.3. The summed E-state index contributed by atoms with van der Waals surface area (Å²) in [6, 6.07) is 7.93. The first-order valence-corrected chi connectivity index (χ1v) is 13.3. The van der Waals surface area contributed by atoms with Gasteiger partial charge in [0.1, 0.15) is 23.4 Å². The van der Waals surface area contributed by atoms with Crippen LogP contribution >= 0.6 is 0 Å². The Kier molecular flexibility index (Phi) is 6.24. The lowest BCUT2D eigenvalue weighted by molar-refractivity contribution is -0.0445. The SMILES string of the molecule is Cn1cc(-c2ccc(NC(=O)c3cc4c(n(C5CCC(F)(F)CC5)c3=O)CCCC4=O)cc2)c2c(N)ncnc21. The second-order valence-electron chi connectivity index (χ2n) is 10.6. The summed E-state index contributed by atoms with van der Waals surface area (Å²) in [7, 11) is 1.86. The van der Waals surface area contributed by atoms with Crippen LogP contribution in [0.3, 0.4) is 0 Å². The van der Waals surface area contributed by atoms with Crippen LogP contribution in [0.2, 0.25) is 0 Å². The maximum Gasteiger partial charge on any atom is 0.263 e. The molecular formula is C29H28F2N6O3. The molecule has 2 aliphatic carbocycles. The van der Waals surface area contributed by atoms with E-state index in [4.69, 9.17) is 5.73 Å². The van der Waals surface area contributed by atoms with Crippen molar-refractivity contribution < 1.29 is 18.4 Å². The van der Waals surface area contributed by atoms with Gasteiger partial charge < -0.3 is 20.2 Å². The molecule has 0 atom stereocenters. The zero-order valence-electron chi connectivity index (χ0n) is 21.9. The molecule has 206 valence electrons. The van der Waals surface area contributed by atoms with Gasteiger partial charge in [-0.15, -0.1) is 0 Å². The molecule has 1 aromatic carbocycles. The monoisotopic (exact) mass is 546 g/mol. The highest BCUT2D eigenvalue weighted by Crippen LogP contribution is 2.39. The highest BCUT2D eigenvalue weighted by Gasteiger charge is 2.38. The number of benzene rings is 1. The highest BCUT2D eigenvalue weighted by atomic mass is 19.3. The molecule has 1 amide bonds. The number of nitrogens with two attached hydrogens (primary N) is 1. The molecule has 4 aromatic rings. The van der Waals surface area contributed by atoms with Gasteiger partial charge in [-0.3, -0.25) is 14.4 Å². The van der Waals surface area contributed by atoms with Crippen LogP contribution in [0.15, 0.2) is 47.7 Å². The number of nitrogens with zero attached hydrogens (tertiary/aromatic N) is 4. The summed E-state index contributed by atoms with van der Waals surface area (Å²) in [5, 5.41) is 3.48. The topological polar surface area (TPSA) is 125 Å². The van der Waals surface area contributed by atoms with Crippen molar-refractivity contribution in [3.8, 4) is 11.1 Å². The number of hydrogen-bond donors (Lipinski definition) is 2. The van der Waals surface area contributed by atoms with E-state index in [1.807, 2.05) is 29.9 Å². The van der Waals surface area contributed by atoms with Crippen LogP contribution < -0.4 is 16.6 Å². The van der Waals surface area contributed by atoms with E-state index in [-0.39, 0.29) is 37.0 Å². The average molecular weight is 547 g/mol. The highest BCUT2D eigenvalue weighted by molar-refractivity contribution is 6.07. The van der Waals surface area contributed by atoms with E-state index >= 15 is 0 Å². The molecule has 6 rings (SSSR count). The van der Waals surface area contributed by atoms with Crippen molar-refractivity contribution in [2.75, 3.05) is 11.1 Å². The van der Waals surface area contributed by atoms with Crippen LogP contribution in [0.25, 0.3) is 22.2 Å². The third-order valence-electron chi connectivity index (χ3n) is 7.99. The molecule has 9 nitrogen and oxygen atoms in total. The summed E-state index contributed by atoms with van der Waals surface area (Å²) in [5.41, 5.74) is 9.08. The lowest BCUT2D eigenvalue weighted by Gasteiger charge is -2.33. The molecular weight excluding hydrogens is 518 g/mol. The van der Waals surface area contributed by atoms with Gasteiger partial charge in [-0.2, -0.15) is 0 Å². The molecule has 0 bridgehead atoms. The lowest BCUT2D eigenvalue weighted by Crippen LogP contribution is -2.39. The minimum atomic E-state index is -2.76. The number of carbonyl (C=O) groups is 2. The van der Waals surface area contributed by atoms with Crippen LogP contribution in [-0.4, -0.2) is 36.7 Å². The van der Waals surface area contributed by atoms with Gasteiger partial charge in [-0.05, 0) is 49.4 Å². The largest absolute Gasteiger partial charge is 0.383 e. The van der Waals surface area contributed by atoms with Crippen molar-refractivity contribution in [1.82, 2.24) is 19.1 Å². The van der Waals surface area contributed by atoms with Crippen LogP contribution in [0.5, 0.6) is 0 Å². The quantitative estimate of drug-likeness (QED) is 0.375. The van der Waals surface area contributed by atoms with Crippen LogP contribution in [0, 0.1) is 0 Å². The molecule has 0 saturated heterocycles. The molecule has 2 aliphatic rings. The Morgan fingerprint density at radius 1 is 1.07 bits per heavy atom. The third kappa shape index (κ3) is 4.44. The van der Waals surface area contributed by atoms with E-state index in [0.29, 0.717) is 47.7 Å². The number of hydrogen-bond acceptors (Lipinski definition) is 6. The fourth-order valence-corrected chi connectivity index (χ4v) is 5.94. The maximum atomic E-state index is 13.9. The van der Waals surface area contributed by atoms with Crippen molar-refractivity contribution in [2.45, 2.75) is 56.9 Å². The molecule has 0 spiro atoms. The molecule has 1 saturated carbocycles. The Balaban J connectivity index is 1.32. The summed E-state index contributed by atoms with van der Waals surface area (Å²) in [4.78, 5) is 48.1. The van der Waals surface area contributed by atoms with Crippen LogP contribution in [0.4, 0.5) is 20.3 Å². The molecule has 0 radical (unpaired) electrons. The number of Topliss-reactive ketones (excluding diaryl/α,β-unsaturated/α-hetero) is 1. The molecule has 1 fully saturated rings. The number of nitrogens with one attached hydrogen (secondary N) is 1. The number of halogens is 2. The average Bonchev–Trinajstić information content (AvgIpc) is 3.27. The van der Waals surface area contributed by atoms with Crippen LogP contribution in [-0.2, 0) is 13.5 Å². The van der Waals surface area contributed by atoms with Crippen molar-refractivity contribution in [3.63, 3.8) is 0 Å². The molecule has 3 aromatic heterocycles. The van der Waals surface area contributed by atoms with E-state index in [9.17, 15) is 23.2 Å². The lowest BCUT2D eigenvalue weighted by atomic mass is 9.88. The van der Waals surface area contributed by atoms with E-state index in [2.05, 4.69) is 15.3 Å². The molecule has 0 unspecified atom stereocenters. The van der Waals surface area contributed by atoms with Gasteiger partial charge >= 0.3 is 0 Å². The number of pyridine rings is 1. The minimum Gasteiger partial charge on any atom is -0.383 e. The molecule has 3 heterocycles. The van der Waals surface area contributed by atoms with Gasteiger partial charge in [0.2, 0.25) is 5.92 Å². The Morgan fingerprint density at radius 2 is 1.80 bits per heavy atom. The van der Waals surface area contributed by atoms with Gasteiger partial charge in [0.05, 0.1) is 5.39 Å². The molecule has 11 heteroatoms. The summed E-state index contributed by atoms with van der Waals surface area (Å²) in [6.45, 7) is 0. The van der Waals surface area contributed by atoms with E-state index in [0.717, 1.165) is 16.5 Å². The molecule has 0 aliphatic heterocycles. The standard InChI is InChI=1S/C29H28F2N6O3/c1-36-14-21(24-25(32)33-15-34-26(24)36)16-5-7-17(8-6-16)35-27(39)20-13-19-22(3-2-4-23(19)38)37(28(20)40)18-9-11-29(30,31)12-10-18/h5-8,13-15,18H,2-4,9-12H2,1H3,(H,35,39)(H2,32,33,34). The number of aryl methyl sites for hydroxylation is 1. The van der Waals surface area contributed by atoms with Crippen molar-refractivity contribution in [1.29, 1.82) is 0 Å². The number of ketones is 1. The Hall–Kier alpha value is -4.41. The minimum absolute atomic E-state index is 0.115. The van der Waals surface area contributed by atoms with Gasteiger partial charge in [0.15, 0.2) is 5.78 Å². The summed E-state index contributed by atoms with van der Waals surface area (Å²) < 4.78 is 31.0. The number of amides is 1. The number of rotatable bonds is 4. The first kappa shape index (κ1) is 25.8. The number of alkyl halides is 2. The predicted molar refractivity (Wildman–Crippen MR) is 147 cm³/mol. The van der Waals surface area contributed by atoms with Crippen LogP contribution in [0.1, 0.15) is 71.0 Å². The van der Waals surface area contributed by atoms with Gasteiger partial charge in [-0.1, -0.05) is 12.1 Å². The zero-order chi connectivity index (χ0) is 28.2. The maximum absolute atomic E-state index is 13.9. The number of aromatic nitrogens is 4. The second-order valence-corrected chi connectivity index (χ2v) is 10.6. The number of anilines is 2. The fraction of sp³-hybridized carbons (Fsp3) is 0.345. The van der Waals surface area contributed by atoms with E-state index < -0.39 is 23.4 Å². The first-order chi connectivity index (χ1) is 19.1. The van der Waals surface area contributed by atoms with Crippen molar-refractivity contribution in [3.05, 3.63) is 70.0 Å². The molecule has 40 heavy (non-hydrogen) atoms. The van der Waals surface area contributed by atoms with Gasteiger partial charge in [0.25, 0.3) is 11.5 Å². The molecule has 3 N–H and O–H groups in total.